The van der Waals surface area contributed by atoms with E-state index in [2.05, 4.69) is 20.3 Å². The average Bonchev–Trinajstić information content (AvgIpc) is 2.53. The maximum atomic E-state index is 12.6. The molecule has 110 valence electrons. The highest BCUT2D eigenvalue weighted by atomic mass is 79.9. The fourth-order valence-corrected chi connectivity index (χ4v) is 4.30. The number of hydrogen-bond acceptors (Lipinski definition) is 2. The molecule has 0 aromatic heterocycles. The van der Waals surface area contributed by atoms with Crippen LogP contribution in [0.3, 0.4) is 0 Å². The van der Waals surface area contributed by atoms with Gasteiger partial charge in [-0.2, -0.15) is 12.8 Å². The molecule has 0 atom stereocenters. The fourth-order valence-electron chi connectivity index (χ4n) is 2.20. The lowest BCUT2D eigenvalue weighted by molar-refractivity contribution is 0.598. The molecule has 22 heavy (non-hydrogen) atoms. The molecule has 3 rings (SSSR count). The fraction of sp³-hybridized carbons (Fsp3) is 0. The molecule has 0 heterocycles. The normalized spacial score (nSPS) is 12.0. The Morgan fingerprint density at radius 2 is 1.55 bits per heavy atom. The number of nitrogens with zero attached hydrogens (tertiary/aromatic N) is 1. The minimum atomic E-state index is -3.79. The van der Waals surface area contributed by atoms with Gasteiger partial charge >= 0.3 is 0 Å². The van der Waals surface area contributed by atoms with Crippen molar-refractivity contribution in [1.82, 2.24) is 0 Å². The molecule has 0 fully saturated rings. The van der Waals surface area contributed by atoms with Crippen molar-refractivity contribution in [3.8, 4) is 0 Å². The van der Waals surface area contributed by atoms with Crippen LogP contribution in [-0.2, 0) is 10.0 Å². The molecule has 3 aromatic rings. The summed E-state index contributed by atoms with van der Waals surface area (Å²) in [5, 5.41) is 1.52. The molecule has 0 N–H and O–H groups in total. The number of halogens is 1. The van der Waals surface area contributed by atoms with Crippen molar-refractivity contribution in [3.05, 3.63) is 76.8 Å². The monoisotopic (exact) mass is 373 g/mol. The Morgan fingerprint density at radius 1 is 0.864 bits per heavy atom. The maximum Gasteiger partial charge on any atom is 0.284 e. The molecule has 0 spiro atoms. The molecule has 0 saturated carbocycles. The Morgan fingerprint density at radius 3 is 2.32 bits per heavy atom. The van der Waals surface area contributed by atoms with E-state index in [0.29, 0.717) is 9.86 Å². The summed E-state index contributed by atoms with van der Waals surface area (Å²) in [6.45, 7) is 0. The second-order valence-electron chi connectivity index (χ2n) is 4.72. The summed E-state index contributed by atoms with van der Waals surface area (Å²) in [7, 11) is -3.79. The van der Waals surface area contributed by atoms with Crippen LogP contribution in [0.5, 0.6) is 0 Å². The van der Waals surface area contributed by atoms with Gasteiger partial charge in [0.2, 0.25) is 0 Å². The summed E-state index contributed by atoms with van der Waals surface area (Å²) in [6, 6.07) is 20.1. The van der Waals surface area contributed by atoms with E-state index in [-0.39, 0.29) is 4.90 Å². The smallest absolute Gasteiger partial charge is 0.199 e. The summed E-state index contributed by atoms with van der Waals surface area (Å²) >= 11 is 3.33. The van der Waals surface area contributed by atoms with Crippen LogP contribution in [0.4, 0.5) is 0 Å². The summed E-state index contributed by atoms with van der Waals surface area (Å²) in [5.74, 6) is 0. The molecule has 3 nitrogen and oxygen atoms in total. The molecule has 0 unspecified atom stereocenters. The molecule has 0 aliphatic rings. The predicted octanol–water partition coefficient (Wildman–Crippen LogP) is 4.41. The van der Waals surface area contributed by atoms with Crippen LogP contribution >= 0.6 is 15.9 Å². The highest BCUT2D eigenvalue weighted by molar-refractivity contribution is 9.10. The van der Waals surface area contributed by atoms with E-state index in [9.17, 15) is 8.42 Å². The van der Waals surface area contributed by atoms with E-state index in [0.717, 1.165) is 10.9 Å². The second-order valence-corrected chi connectivity index (χ2v) is 7.14. The lowest BCUT2D eigenvalue weighted by Crippen LogP contribution is -2.00. The van der Waals surface area contributed by atoms with E-state index in [1.54, 1.807) is 24.3 Å². The Kier molecular flexibility index (Phi) is 4.09. The van der Waals surface area contributed by atoms with E-state index >= 15 is 0 Å². The van der Waals surface area contributed by atoms with Crippen LogP contribution in [0.25, 0.3) is 10.8 Å². The van der Waals surface area contributed by atoms with Crippen molar-refractivity contribution >= 4 is 42.9 Å². The van der Waals surface area contributed by atoms with Gasteiger partial charge in [0.15, 0.2) is 0 Å². The Labute approximate surface area is 137 Å². The number of benzene rings is 3. The summed E-state index contributed by atoms with van der Waals surface area (Å²) < 4.78 is 29.6. The van der Waals surface area contributed by atoms with Crippen molar-refractivity contribution in [1.29, 1.82) is 0 Å². The van der Waals surface area contributed by atoms with Gasteiger partial charge in [0, 0.05) is 16.1 Å². The number of fused-ring (bicyclic) bond motifs is 1. The molecule has 5 heteroatoms. The lowest BCUT2D eigenvalue weighted by Gasteiger charge is -2.07. The van der Waals surface area contributed by atoms with Gasteiger partial charge in [-0.05, 0) is 32.9 Å². The number of sulfonamides is 1. The molecule has 0 bridgehead atoms. The van der Waals surface area contributed by atoms with Gasteiger partial charge in [-0.3, -0.25) is 0 Å². The highest BCUT2D eigenvalue weighted by Gasteiger charge is 2.19. The van der Waals surface area contributed by atoms with Crippen LogP contribution < -0.4 is 0 Å². The third-order valence-electron chi connectivity index (χ3n) is 3.23. The summed E-state index contributed by atoms with van der Waals surface area (Å²) in [5.41, 5.74) is 0.738. The SMILES string of the molecule is O=S(=O)(N=Cc1ccccc1)c1c(Br)ccc2ccccc12. The third kappa shape index (κ3) is 2.96. The van der Waals surface area contributed by atoms with Gasteiger partial charge in [0.25, 0.3) is 10.0 Å². The number of hydrogen-bond donors (Lipinski definition) is 0. The minimum Gasteiger partial charge on any atom is -0.199 e. The van der Waals surface area contributed by atoms with E-state index in [1.807, 2.05) is 42.5 Å². The maximum absolute atomic E-state index is 12.6. The first kappa shape index (κ1) is 14.9. The van der Waals surface area contributed by atoms with Crippen molar-refractivity contribution in [2.45, 2.75) is 4.90 Å². The summed E-state index contributed by atoms with van der Waals surface area (Å²) in [4.78, 5) is 0.192. The van der Waals surface area contributed by atoms with Gasteiger partial charge in [-0.15, -0.1) is 0 Å². The first-order chi connectivity index (χ1) is 10.6. The zero-order valence-electron chi connectivity index (χ0n) is 11.5. The van der Waals surface area contributed by atoms with Crippen LogP contribution in [0.1, 0.15) is 5.56 Å². The largest absolute Gasteiger partial charge is 0.284 e. The molecule has 3 aromatic carbocycles. The van der Waals surface area contributed by atoms with Crippen LogP contribution in [0.15, 0.2) is 80.5 Å². The first-order valence-corrected chi connectivity index (χ1v) is 8.84. The molecule has 0 saturated heterocycles. The molecule has 0 aliphatic heterocycles. The van der Waals surface area contributed by atoms with E-state index in [4.69, 9.17) is 0 Å². The van der Waals surface area contributed by atoms with Crippen LogP contribution in [-0.4, -0.2) is 14.6 Å². The van der Waals surface area contributed by atoms with Crippen molar-refractivity contribution in [3.63, 3.8) is 0 Å². The van der Waals surface area contributed by atoms with Crippen LogP contribution in [0.2, 0.25) is 0 Å². The molecular formula is C17H12BrNO2S. The molecular weight excluding hydrogens is 362 g/mol. The van der Waals surface area contributed by atoms with Gasteiger partial charge in [-0.1, -0.05) is 60.7 Å². The van der Waals surface area contributed by atoms with E-state index in [1.165, 1.54) is 6.21 Å². The zero-order valence-corrected chi connectivity index (χ0v) is 13.9. The Hall–Kier alpha value is -1.98. The van der Waals surface area contributed by atoms with Gasteiger partial charge in [0.1, 0.15) is 4.90 Å². The Bertz CT molecular complexity index is 951. The van der Waals surface area contributed by atoms with Crippen molar-refractivity contribution < 1.29 is 8.42 Å². The quantitative estimate of drug-likeness (QED) is 0.638. The minimum absolute atomic E-state index is 0.192. The molecule has 0 aliphatic carbocycles. The molecule has 0 amide bonds. The predicted molar refractivity (Wildman–Crippen MR) is 92.9 cm³/mol. The van der Waals surface area contributed by atoms with Crippen LogP contribution in [0, 0.1) is 0 Å². The summed E-state index contributed by atoms with van der Waals surface area (Å²) in [6.07, 6.45) is 1.36. The standard InChI is InChI=1S/C17H12BrNO2S/c18-16-11-10-14-8-4-5-9-15(14)17(16)22(20,21)19-12-13-6-2-1-3-7-13/h1-12H. The Balaban J connectivity index is 2.14. The lowest BCUT2D eigenvalue weighted by atomic mass is 10.1. The van der Waals surface area contributed by atoms with Crippen molar-refractivity contribution in [2.75, 3.05) is 0 Å². The highest BCUT2D eigenvalue weighted by Crippen LogP contribution is 2.31. The zero-order chi connectivity index (χ0) is 15.6. The topological polar surface area (TPSA) is 46.5 Å². The molecule has 0 radical (unpaired) electrons. The van der Waals surface area contributed by atoms with E-state index < -0.39 is 10.0 Å². The third-order valence-corrected chi connectivity index (χ3v) is 5.49. The van der Waals surface area contributed by atoms with Gasteiger partial charge in [0.05, 0.1) is 0 Å². The number of rotatable bonds is 3. The second kappa shape index (κ2) is 6.02. The van der Waals surface area contributed by atoms with Crippen molar-refractivity contribution in [2.24, 2.45) is 4.40 Å². The van der Waals surface area contributed by atoms with Gasteiger partial charge in [-0.25, -0.2) is 0 Å². The first-order valence-electron chi connectivity index (χ1n) is 6.60. The average molecular weight is 374 g/mol. The van der Waals surface area contributed by atoms with Gasteiger partial charge < -0.3 is 0 Å².